The smallest absolute Gasteiger partial charge is 0.225 e. The molecule has 0 aromatic rings. The quantitative estimate of drug-likeness (QED) is 0.836. The van der Waals surface area contributed by atoms with Crippen molar-refractivity contribution in [3.8, 4) is 0 Å². The molecule has 0 aromatic heterocycles. The first kappa shape index (κ1) is 17.7. The van der Waals surface area contributed by atoms with Crippen molar-refractivity contribution in [2.45, 2.75) is 63.3 Å². The van der Waals surface area contributed by atoms with Crippen LogP contribution in [0.2, 0.25) is 0 Å². The van der Waals surface area contributed by atoms with Crippen LogP contribution in [-0.4, -0.2) is 60.9 Å². The minimum Gasteiger partial charge on any atom is -0.354 e. The van der Waals surface area contributed by atoms with Crippen molar-refractivity contribution in [1.82, 2.24) is 15.1 Å². The Hall–Kier alpha value is -1.10. The van der Waals surface area contributed by atoms with Crippen molar-refractivity contribution in [3.63, 3.8) is 0 Å². The summed E-state index contributed by atoms with van der Waals surface area (Å²) in [5, 5.41) is 3.23. The van der Waals surface area contributed by atoms with Gasteiger partial charge in [0.2, 0.25) is 11.8 Å². The first-order valence-electron chi connectivity index (χ1n) is 9.76. The van der Waals surface area contributed by atoms with Crippen LogP contribution in [0.4, 0.5) is 0 Å². The molecule has 1 saturated heterocycles. The molecule has 5 heteroatoms. The average molecular weight is 335 g/mol. The van der Waals surface area contributed by atoms with E-state index in [1.807, 2.05) is 4.90 Å². The second kappa shape index (κ2) is 7.42. The minimum atomic E-state index is -0.0238. The summed E-state index contributed by atoms with van der Waals surface area (Å²) in [5.41, 5.74) is 0.117. The second-order valence-corrected chi connectivity index (χ2v) is 8.29. The number of amides is 2. The van der Waals surface area contributed by atoms with Gasteiger partial charge in [0, 0.05) is 31.1 Å². The van der Waals surface area contributed by atoms with Crippen molar-refractivity contribution >= 4 is 11.8 Å². The van der Waals surface area contributed by atoms with Gasteiger partial charge >= 0.3 is 0 Å². The molecular weight excluding hydrogens is 302 g/mol. The van der Waals surface area contributed by atoms with Crippen molar-refractivity contribution in [2.75, 3.05) is 33.7 Å². The van der Waals surface area contributed by atoms with E-state index >= 15 is 0 Å². The van der Waals surface area contributed by atoms with Crippen LogP contribution >= 0.6 is 0 Å². The maximum Gasteiger partial charge on any atom is 0.225 e. The van der Waals surface area contributed by atoms with E-state index in [4.69, 9.17) is 0 Å². The molecule has 1 N–H and O–H groups in total. The molecule has 0 spiro atoms. The summed E-state index contributed by atoms with van der Waals surface area (Å²) < 4.78 is 0. The molecule has 136 valence electrons. The van der Waals surface area contributed by atoms with Gasteiger partial charge < -0.3 is 15.1 Å². The molecule has 3 aliphatic rings. The Labute approximate surface area is 146 Å². The molecule has 24 heavy (non-hydrogen) atoms. The summed E-state index contributed by atoms with van der Waals surface area (Å²) in [6.07, 6.45) is 10.1. The zero-order chi connectivity index (χ0) is 17.2. The predicted molar refractivity (Wildman–Crippen MR) is 94.5 cm³/mol. The van der Waals surface area contributed by atoms with Crippen molar-refractivity contribution < 1.29 is 9.59 Å². The van der Waals surface area contributed by atoms with Crippen LogP contribution in [0, 0.1) is 11.8 Å². The number of hydrogen-bond donors (Lipinski definition) is 1. The van der Waals surface area contributed by atoms with E-state index in [9.17, 15) is 9.59 Å². The number of nitrogens with one attached hydrogen (secondary N) is 1. The van der Waals surface area contributed by atoms with E-state index in [2.05, 4.69) is 24.3 Å². The van der Waals surface area contributed by atoms with Gasteiger partial charge in [0.1, 0.15) is 0 Å². The topological polar surface area (TPSA) is 52.7 Å². The number of piperidine rings is 1. The van der Waals surface area contributed by atoms with Gasteiger partial charge in [-0.25, -0.2) is 0 Å². The summed E-state index contributed by atoms with van der Waals surface area (Å²) in [7, 11) is 4.27. The van der Waals surface area contributed by atoms with Crippen LogP contribution in [0.5, 0.6) is 0 Å². The molecule has 3 rings (SSSR count). The highest BCUT2D eigenvalue weighted by Crippen LogP contribution is 2.33. The van der Waals surface area contributed by atoms with Gasteiger partial charge in [-0.2, -0.15) is 0 Å². The van der Waals surface area contributed by atoms with Crippen LogP contribution in [0.15, 0.2) is 0 Å². The third-order valence-corrected chi connectivity index (χ3v) is 6.36. The standard InChI is InChI=1S/C19H33N3O2/c1-21(2)19(10-4-3-5-11-19)14-20-17(23)16-7-6-12-22(13-16)18(24)15-8-9-15/h15-16H,3-14H2,1-2H3,(H,20,23)/t16-/m1/s1. The Morgan fingerprint density at radius 1 is 1.04 bits per heavy atom. The lowest BCUT2D eigenvalue weighted by Gasteiger charge is -2.43. The fourth-order valence-corrected chi connectivity index (χ4v) is 4.37. The van der Waals surface area contributed by atoms with Crippen LogP contribution in [0.1, 0.15) is 57.8 Å². The fraction of sp³-hybridized carbons (Fsp3) is 0.895. The molecule has 1 atom stereocenters. The zero-order valence-electron chi connectivity index (χ0n) is 15.4. The lowest BCUT2D eigenvalue weighted by atomic mass is 9.80. The van der Waals surface area contributed by atoms with Gasteiger partial charge in [-0.1, -0.05) is 19.3 Å². The first-order valence-corrected chi connectivity index (χ1v) is 9.76. The zero-order valence-corrected chi connectivity index (χ0v) is 15.4. The second-order valence-electron chi connectivity index (χ2n) is 8.29. The molecule has 0 bridgehead atoms. The van der Waals surface area contributed by atoms with Crippen molar-refractivity contribution in [1.29, 1.82) is 0 Å². The highest BCUT2D eigenvalue weighted by atomic mass is 16.2. The van der Waals surface area contributed by atoms with Gasteiger partial charge in [0.25, 0.3) is 0 Å². The summed E-state index contributed by atoms with van der Waals surface area (Å²) in [6, 6.07) is 0. The Bertz CT molecular complexity index is 467. The van der Waals surface area contributed by atoms with E-state index in [1.165, 1.54) is 19.3 Å². The SMILES string of the molecule is CN(C)C1(CNC(=O)[C@@H]2CCCN(C(=O)C3CC3)C2)CCCCC1. The molecule has 3 fully saturated rings. The van der Waals surface area contributed by atoms with Crippen molar-refractivity contribution in [3.05, 3.63) is 0 Å². The number of likely N-dealkylation sites (tertiary alicyclic amines) is 1. The van der Waals surface area contributed by atoms with E-state index in [0.29, 0.717) is 6.54 Å². The number of likely N-dealkylation sites (N-methyl/N-ethyl adjacent to an activating group) is 1. The third kappa shape index (κ3) is 3.93. The summed E-state index contributed by atoms with van der Waals surface area (Å²) in [4.78, 5) is 29.2. The lowest BCUT2D eigenvalue weighted by molar-refractivity contribution is -0.137. The van der Waals surface area contributed by atoms with Gasteiger partial charge in [-0.05, 0) is 52.6 Å². The number of rotatable bonds is 5. The summed E-state index contributed by atoms with van der Waals surface area (Å²) in [5.74, 6) is 0.662. The lowest BCUT2D eigenvalue weighted by Crippen LogP contribution is -2.55. The highest BCUT2D eigenvalue weighted by Gasteiger charge is 2.38. The monoisotopic (exact) mass is 335 g/mol. The molecule has 0 radical (unpaired) electrons. The summed E-state index contributed by atoms with van der Waals surface area (Å²) in [6.45, 7) is 2.20. The Balaban J connectivity index is 1.52. The fourth-order valence-electron chi connectivity index (χ4n) is 4.37. The van der Waals surface area contributed by atoms with E-state index in [0.717, 1.165) is 51.6 Å². The average Bonchev–Trinajstić information content (AvgIpc) is 3.45. The first-order chi connectivity index (χ1) is 11.5. The van der Waals surface area contributed by atoms with Crippen LogP contribution in [0.3, 0.4) is 0 Å². The predicted octanol–water partition coefficient (Wildman–Crippen LogP) is 2.02. The Kier molecular flexibility index (Phi) is 5.48. The number of nitrogens with zero attached hydrogens (tertiary/aromatic N) is 2. The highest BCUT2D eigenvalue weighted by molar-refractivity contribution is 5.83. The van der Waals surface area contributed by atoms with E-state index in [1.54, 1.807) is 0 Å². The number of carbonyl (C=O) groups is 2. The molecule has 1 aliphatic heterocycles. The molecule has 2 saturated carbocycles. The van der Waals surface area contributed by atoms with Gasteiger partial charge in [0.15, 0.2) is 0 Å². The number of hydrogen-bond acceptors (Lipinski definition) is 3. The normalized spacial score (nSPS) is 27.1. The van der Waals surface area contributed by atoms with Gasteiger partial charge in [-0.3, -0.25) is 9.59 Å². The largest absolute Gasteiger partial charge is 0.354 e. The molecule has 0 unspecified atom stereocenters. The minimum absolute atomic E-state index is 0.0238. The van der Waals surface area contributed by atoms with E-state index in [-0.39, 0.29) is 29.2 Å². The molecule has 5 nitrogen and oxygen atoms in total. The Morgan fingerprint density at radius 3 is 2.38 bits per heavy atom. The maximum absolute atomic E-state index is 12.7. The maximum atomic E-state index is 12.7. The third-order valence-electron chi connectivity index (χ3n) is 6.36. The van der Waals surface area contributed by atoms with Crippen LogP contribution in [0.25, 0.3) is 0 Å². The molecule has 1 heterocycles. The van der Waals surface area contributed by atoms with E-state index < -0.39 is 0 Å². The van der Waals surface area contributed by atoms with Crippen LogP contribution < -0.4 is 5.32 Å². The summed E-state index contributed by atoms with van der Waals surface area (Å²) >= 11 is 0. The molecular formula is C19H33N3O2. The van der Waals surface area contributed by atoms with Gasteiger partial charge in [-0.15, -0.1) is 0 Å². The van der Waals surface area contributed by atoms with Crippen molar-refractivity contribution in [2.24, 2.45) is 11.8 Å². The molecule has 2 aliphatic carbocycles. The number of carbonyl (C=O) groups excluding carboxylic acids is 2. The van der Waals surface area contributed by atoms with Gasteiger partial charge in [0.05, 0.1) is 5.92 Å². The molecule has 2 amide bonds. The molecule has 0 aromatic carbocycles. The Morgan fingerprint density at radius 2 is 1.75 bits per heavy atom. The van der Waals surface area contributed by atoms with Crippen LogP contribution in [-0.2, 0) is 9.59 Å².